The van der Waals surface area contributed by atoms with Crippen LogP contribution in [0.25, 0.3) is 0 Å². The standard InChI is InChI=1S/C14H22BrN3O/c1-16-9-11-8-12(15)10-17-14(11)19-7-5-13-4-3-6-18(13)2/h8,10,13,16H,3-7,9H2,1-2H3. The van der Waals surface area contributed by atoms with Crippen molar-refractivity contribution in [3.63, 3.8) is 0 Å². The number of halogens is 1. The predicted molar refractivity (Wildman–Crippen MR) is 80.5 cm³/mol. The van der Waals surface area contributed by atoms with Crippen LogP contribution in [0.15, 0.2) is 16.7 Å². The van der Waals surface area contributed by atoms with Crippen molar-refractivity contribution in [3.8, 4) is 5.88 Å². The summed E-state index contributed by atoms with van der Waals surface area (Å²) in [6.07, 6.45) is 5.46. The number of hydrogen-bond donors (Lipinski definition) is 1. The molecule has 1 aliphatic heterocycles. The molecule has 106 valence electrons. The Hall–Kier alpha value is -0.650. The number of nitrogens with zero attached hydrogens (tertiary/aromatic N) is 2. The number of pyridine rings is 1. The number of ether oxygens (including phenoxy) is 1. The highest BCUT2D eigenvalue weighted by Gasteiger charge is 2.20. The van der Waals surface area contributed by atoms with E-state index in [4.69, 9.17) is 4.74 Å². The zero-order chi connectivity index (χ0) is 13.7. The number of hydrogen-bond acceptors (Lipinski definition) is 4. The first-order valence-electron chi connectivity index (χ1n) is 6.82. The van der Waals surface area contributed by atoms with Gasteiger partial charge in [0.1, 0.15) is 0 Å². The zero-order valence-electron chi connectivity index (χ0n) is 11.7. The van der Waals surface area contributed by atoms with Gasteiger partial charge in [-0.1, -0.05) is 0 Å². The fraction of sp³-hybridized carbons (Fsp3) is 0.643. The number of likely N-dealkylation sites (tertiary alicyclic amines) is 1. The van der Waals surface area contributed by atoms with E-state index in [-0.39, 0.29) is 0 Å². The third kappa shape index (κ3) is 4.16. The van der Waals surface area contributed by atoms with Crippen molar-refractivity contribution in [1.29, 1.82) is 0 Å². The molecule has 0 aromatic carbocycles. The molecule has 0 aliphatic carbocycles. The highest BCUT2D eigenvalue weighted by molar-refractivity contribution is 9.10. The lowest BCUT2D eigenvalue weighted by molar-refractivity contribution is 0.227. The molecule has 1 unspecified atom stereocenters. The lowest BCUT2D eigenvalue weighted by atomic mass is 10.1. The molecule has 1 atom stereocenters. The van der Waals surface area contributed by atoms with Crippen LogP contribution in [0.2, 0.25) is 0 Å². The van der Waals surface area contributed by atoms with Crippen molar-refractivity contribution >= 4 is 15.9 Å². The fourth-order valence-electron chi connectivity index (χ4n) is 2.55. The highest BCUT2D eigenvalue weighted by Crippen LogP contribution is 2.22. The molecule has 2 rings (SSSR count). The molecule has 0 bridgehead atoms. The Bertz CT molecular complexity index is 414. The van der Waals surface area contributed by atoms with Crippen molar-refractivity contribution in [2.75, 3.05) is 27.2 Å². The van der Waals surface area contributed by atoms with Gasteiger partial charge in [-0.15, -0.1) is 0 Å². The molecule has 1 aromatic rings. The first-order chi connectivity index (χ1) is 9.20. The Morgan fingerprint density at radius 2 is 2.42 bits per heavy atom. The molecular weight excluding hydrogens is 306 g/mol. The molecule has 0 radical (unpaired) electrons. The van der Waals surface area contributed by atoms with E-state index in [1.54, 1.807) is 6.20 Å². The van der Waals surface area contributed by atoms with Crippen LogP contribution in [0.4, 0.5) is 0 Å². The minimum atomic E-state index is 0.670. The minimum absolute atomic E-state index is 0.670. The second-order valence-corrected chi connectivity index (χ2v) is 5.98. The Kier molecular flexibility index (Phi) is 5.60. The van der Waals surface area contributed by atoms with Gasteiger partial charge in [0, 0.05) is 28.8 Å². The van der Waals surface area contributed by atoms with Crippen LogP contribution in [0, 0.1) is 0 Å². The summed E-state index contributed by atoms with van der Waals surface area (Å²) < 4.78 is 6.84. The van der Waals surface area contributed by atoms with Crippen LogP contribution >= 0.6 is 15.9 Å². The molecule has 4 nitrogen and oxygen atoms in total. The molecule has 0 saturated carbocycles. The largest absolute Gasteiger partial charge is 0.477 e. The van der Waals surface area contributed by atoms with Gasteiger partial charge in [0.25, 0.3) is 0 Å². The van der Waals surface area contributed by atoms with Crippen molar-refractivity contribution in [1.82, 2.24) is 15.2 Å². The Morgan fingerprint density at radius 1 is 1.58 bits per heavy atom. The van der Waals surface area contributed by atoms with Crippen LogP contribution in [-0.2, 0) is 6.54 Å². The monoisotopic (exact) mass is 327 g/mol. The van der Waals surface area contributed by atoms with Gasteiger partial charge in [-0.2, -0.15) is 0 Å². The summed E-state index contributed by atoms with van der Waals surface area (Å²) in [5.74, 6) is 0.748. The topological polar surface area (TPSA) is 37.4 Å². The second kappa shape index (κ2) is 7.22. The van der Waals surface area contributed by atoms with Crippen LogP contribution in [-0.4, -0.2) is 43.2 Å². The van der Waals surface area contributed by atoms with Gasteiger partial charge in [0.2, 0.25) is 5.88 Å². The maximum atomic E-state index is 5.86. The molecular formula is C14H22BrN3O. The van der Waals surface area contributed by atoms with E-state index >= 15 is 0 Å². The summed E-state index contributed by atoms with van der Waals surface area (Å²) in [5, 5.41) is 3.14. The molecule has 1 N–H and O–H groups in total. The van der Waals surface area contributed by atoms with E-state index in [1.807, 2.05) is 7.05 Å². The van der Waals surface area contributed by atoms with E-state index < -0.39 is 0 Å². The maximum Gasteiger partial charge on any atom is 0.217 e. The summed E-state index contributed by atoms with van der Waals surface area (Å²) >= 11 is 3.44. The third-order valence-corrected chi connectivity index (χ3v) is 4.05. The van der Waals surface area contributed by atoms with Crippen molar-refractivity contribution in [2.24, 2.45) is 0 Å². The molecule has 19 heavy (non-hydrogen) atoms. The van der Waals surface area contributed by atoms with Crippen molar-refractivity contribution in [2.45, 2.75) is 31.8 Å². The van der Waals surface area contributed by atoms with Gasteiger partial charge in [0.05, 0.1) is 6.61 Å². The average Bonchev–Trinajstić information content (AvgIpc) is 2.78. The minimum Gasteiger partial charge on any atom is -0.477 e. The molecule has 5 heteroatoms. The van der Waals surface area contributed by atoms with Gasteiger partial charge in [-0.3, -0.25) is 0 Å². The first-order valence-corrected chi connectivity index (χ1v) is 7.62. The highest BCUT2D eigenvalue weighted by atomic mass is 79.9. The lowest BCUT2D eigenvalue weighted by Crippen LogP contribution is -2.26. The summed E-state index contributed by atoms with van der Waals surface area (Å²) in [7, 11) is 4.13. The summed E-state index contributed by atoms with van der Waals surface area (Å²) in [6.45, 7) is 2.72. The Morgan fingerprint density at radius 3 is 3.11 bits per heavy atom. The molecule has 0 spiro atoms. The molecule has 1 aliphatic rings. The Balaban J connectivity index is 1.88. The smallest absolute Gasteiger partial charge is 0.217 e. The van der Waals surface area contributed by atoms with E-state index in [0.717, 1.165) is 35.5 Å². The lowest BCUT2D eigenvalue weighted by Gasteiger charge is -2.19. The van der Waals surface area contributed by atoms with Crippen LogP contribution < -0.4 is 10.1 Å². The molecule has 2 heterocycles. The molecule has 1 fully saturated rings. The normalized spacial score (nSPS) is 19.8. The number of aromatic nitrogens is 1. The van der Waals surface area contributed by atoms with Gasteiger partial charge in [-0.05, 0) is 61.9 Å². The fourth-order valence-corrected chi connectivity index (χ4v) is 2.93. The summed E-state index contributed by atoms with van der Waals surface area (Å²) in [4.78, 5) is 6.78. The summed E-state index contributed by atoms with van der Waals surface area (Å²) in [6, 6.07) is 2.73. The van der Waals surface area contributed by atoms with Crippen molar-refractivity contribution in [3.05, 3.63) is 22.3 Å². The quantitative estimate of drug-likeness (QED) is 0.870. The third-order valence-electron chi connectivity index (χ3n) is 3.62. The Labute approximate surface area is 123 Å². The maximum absolute atomic E-state index is 5.86. The SMILES string of the molecule is CNCc1cc(Br)cnc1OCCC1CCCN1C. The van der Waals surface area contributed by atoms with Crippen LogP contribution in [0.3, 0.4) is 0 Å². The first kappa shape index (κ1) is 14.8. The zero-order valence-corrected chi connectivity index (χ0v) is 13.2. The predicted octanol–water partition coefficient (Wildman–Crippen LogP) is 2.43. The van der Waals surface area contributed by atoms with Gasteiger partial charge >= 0.3 is 0 Å². The summed E-state index contributed by atoms with van der Waals surface area (Å²) in [5.41, 5.74) is 1.09. The van der Waals surface area contributed by atoms with Gasteiger partial charge in [-0.25, -0.2) is 4.98 Å². The second-order valence-electron chi connectivity index (χ2n) is 5.06. The van der Waals surface area contributed by atoms with E-state index in [9.17, 15) is 0 Å². The van der Waals surface area contributed by atoms with Gasteiger partial charge < -0.3 is 15.0 Å². The average molecular weight is 328 g/mol. The van der Waals surface area contributed by atoms with Crippen LogP contribution in [0.5, 0.6) is 5.88 Å². The van der Waals surface area contributed by atoms with E-state index in [1.165, 1.54) is 19.4 Å². The van der Waals surface area contributed by atoms with E-state index in [0.29, 0.717) is 6.04 Å². The number of rotatable bonds is 6. The van der Waals surface area contributed by atoms with Crippen LogP contribution in [0.1, 0.15) is 24.8 Å². The van der Waals surface area contributed by atoms with Gasteiger partial charge in [0.15, 0.2) is 0 Å². The molecule has 0 amide bonds. The van der Waals surface area contributed by atoms with Crippen molar-refractivity contribution < 1.29 is 4.74 Å². The molecule has 1 aromatic heterocycles. The number of nitrogens with one attached hydrogen (secondary N) is 1. The molecule has 1 saturated heterocycles. The van der Waals surface area contributed by atoms with E-state index in [2.05, 4.69) is 44.2 Å².